The van der Waals surface area contributed by atoms with Crippen molar-refractivity contribution in [1.82, 2.24) is 14.8 Å². The Bertz CT molecular complexity index is 879. The van der Waals surface area contributed by atoms with Gasteiger partial charge in [-0.05, 0) is 6.92 Å². The monoisotopic (exact) mass is 371 g/mol. The van der Waals surface area contributed by atoms with Crippen LogP contribution in [0.1, 0.15) is 5.69 Å². The van der Waals surface area contributed by atoms with Crippen molar-refractivity contribution in [2.75, 3.05) is 4.72 Å². The van der Waals surface area contributed by atoms with Gasteiger partial charge in [0.15, 0.2) is 14.4 Å². The average molecular weight is 372 g/mol. The lowest BCUT2D eigenvalue weighted by atomic mass is 10.6. The molecule has 0 aliphatic rings. The SMILES string of the molecule is Cc1nc(NS(=O)(=O)c2c(Cl)cnn2C)sc1S(N)(=O)=O. The van der Waals surface area contributed by atoms with Crippen LogP contribution in [0.5, 0.6) is 0 Å². The van der Waals surface area contributed by atoms with Crippen molar-refractivity contribution in [1.29, 1.82) is 0 Å². The van der Waals surface area contributed by atoms with Gasteiger partial charge in [0.1, 0.15) is 0 Å². The summed E-state index contributed by atoms with van der Waals surface area (Å²) in [6.07, 6.45) is 1.18. The van der Waals surface area contributed by atoms with Gasteiger partial charge in [0.25, 0.3) is 10.0 Å². The molecule has 13 heteroatoms. The summed E-state index contributed by atoms with van der Waals surface area (Å²) >= 11 is 6.38. The molecule has 0 aromatic carbocycles. The quantitative estimate of drug-likeness (QED) is 0.792. The van der Waals surface area contributed by atoms with Gasteiger partial charge in [0, 0.05) is 7.05 Å². The largest absolute Gasteiger partial charge is 0.282 e. The van der Waals surface area contributed by atoms with E-state index >= 15 is 0 Å². The van der Waals surface area contributed by atoms with Crippen molar-refractivity contribution in [2.45, 2.75) is 16.2 Å². The van der Waals surface area contributed by atoms with E-state index in [1.165, 1.54) is 20.2 Å². The number of primary sulfonamides is 1. The summed E-state index contributed by atoms with van der Waals surface area (Å²) in [4.78, 5) is 3.83. The highest BCUT2D eigenvalue weighted by atomic mass is 35.5. The molecule has 0 saturated heterocycles. The fourth-order valence-electron chi connectivity index (χ4n) is 1.56. The molecule has 0 atom stereocenters. The number of nitrogens with one attached hydrogen (secondary N) is 1. The van der Waals surface area contributed by atoms with Crippen LogP contribution in [0.2, 0.25) is 5.02 Å². The first-order chi connectivity index (χ1) is 9.52. The molecule has 0 aliphatic carbocycles. The summed E-state index contributed by atoms with van der Waals surface area (Å²) in [5.74, 6) is 0. The van der Waals surface area contributed by atoms with Crippen LogP contribution in [0.3, 0.4) is 0 Å². The number of hydrogen-bond donors (Lipinski definition) is 2. The number of rotatable bonds is 4. The molecule has 0 aliphatic heterocycles. The van der Waals surface area contributed by atoms with Crippen molar-refractivity contribution in [3.05, 3.63) is 16.9 Å². The highest BCUT2D eigenvalue weighted by Gasteiger charge is 2.26. The molecule has 0 bridgehead atoms. The normalized spacial score (nSPS) is 12.6. The molecule has 0 spiro atoms. The second-order valence-corrected chi connectivity index (χ2v) is 8.72. The van der Waals surface area contributed by atoms with Crippen molar-refractivity contribution < 1.29 is 16.8 Å². The average Bonchev–Trinajstić information content (AvgIpc) is 2.81. The molecular formula is C8H10ClN5O4S3. The molecule has 2 aromatic heterocycles. The van der Waals surface area contributed by atoms with Gasteiger partial charge < -0.3 is 0 Å². The van der Waals surface area contributed by atoms with Crippen molar-refractivity contribution in [2.24, 2.45) is 12.2 Å². The molecule has 2 rings (SSSR count). The Labute approximate surface area is 129 Å². The number of hydrogen-bond acceptors (Lipinski definition) is 7. The van der Waals surface area contributed by atoms with Gasteiger partial charge in [-0.3, -0.25) is 9.40 Å². The smallest absolute Gasteiger partial charge is 0.254 e. The molecule has 2 aromatic rings. The first kappa shape index (κ1) is 16.2. The molecule has 3 N–H and O–H groups in total. The molecule has 21 heavy (non-hydrogen) atoms. The van der Waals surface area contributed by atoms with E-state index in [0.29, 0.717) is 11.3 Å². The summed E-state index contributed by atoms with van der Waals surface area (Å²) < 4.78 is 50.0. The van der Waals surface area contributed by atoms with E-state index in [-0.39, 0.29) is 25.1 Å². The minimum atomic E-state index is -4.05. The zero-order valence-corrected chi connectivity index (χ0v) is 13.9. The molecule has 116 valence electrons. The minimum absolute atomic E-state index is 0.0649. The zero-order valence-electron chi connectivity index (χ0n) is 10.7. The summed E-state index contributed by atoms with van der Waals surface area (Å²) in [7, 11) is -6.60. The molecular weight excluding hydrogens is 362 g/mol. The van der Waals surface area contributed by atoms with E-state index in [4.69, 9.17) is 16.7 Å². The molecule has 2 heterocycles. The third kappa shape index (κ3) is 3.18. The molecule has 0 fully saturated rings. The van der Waals surface area contributed by atoms with E-state index in [9.17, 15) is 16.8 Å². The van der Waals surface area contributed by atoms with Crippen LogP contribution in [0, 0.1) is 6.92 Å². The van der Waals surface area contributed by atoms with E-state index in [1.54, 1.807) is 0 Å². The number of aromatic nitrogens is 3. The van der Waals surface area contributed by atoms with E-state index < -0.39 is 20.0 Å². The number of anilines is 1. The lowest BCUT2D eigenvalue weighted by Gasteiger charge is -2.05. The molecule has 0 unspecified atom stereocenters. The second kappa shape index (κ2) is 5.21. The number of nitrogens with zero attached hydrogens (tertiary/aromatic N) is 3. The van der Waals surface area contributed by atoms with E-state index in [0.717, 1.165) is 4.68 Å². The Morgan fingerprint density at radius 2 is 2.00 bits per heavy atom. The molecule has 0 amide bonds. The van der Waals surface area contributed by atoms with Crippen LogP contribution in [0.4, 0.5) is 5.13 Å². The van der Waals surface area contributed by atoms with Gasteiger partial charge in [-0.15, -0.1) is 0 Å². The number of halogens is 1. The number of thiazole rings is 1. The van der Waals surface area contributed by atoms with E-state index in [2.05, 4.69) is 14.8 Å². The van der Waals surface area contributed by atoms with Crippen LogP contribution >= 0.6 is 22.9 Å². The number of aryl methyl sites for hydroxylation is 2. The van der Waals surface area contributed by atoms with Gasteiger partial charge in [-0.2, -0.15) is 13.5 Å². The highest BCUT2D eigenvalue weighted by molar-refractivity contribution is 7.93. The maximum Gasteiger partial charge on any atom is 0.282 e. The van der Waals surface area contributed by atoms with Gasteiger partial charge in [-0.1, -0.05) is 22.9 Å². The Balaban J connectivity index is 2.43. The Kier molecular flexibility index (Phi) is 4.01. The van der Waals surface area contributed by atoms with Crippen LogP contribution < -0.4 is 9.86 Å². The lowest BCUT2D eigenvalue weighted by molar-refractivity contribution is 0.582. The first-order valence-electron chi connectivity index (χ1n) is 5.23. The Hall–Kier alpha value is -1.21. The standard InChI is InChI=1S/C8H10ClN5O4S3/c1-4-7(20(10,15)16)19-8(12-4)13-21(17,18)6-5(9)3-11-14(6)2/h3H,1-2H3,(H,12,13)(H2,10,15,16). The predicted octanol–water partition coefficient (Wildman–Crippen LogP) is 0.287. The summed E-state index contributed by atoms with van der Waals surface area (Å²) in [6.45, 7) is 1.41. The van der Waals surface area contributed by atoms with Gasteiger partial charge in [0.05, 0.1) is 16.9 Å². The molecule has 0 radical (unpaired) electrons. The number of nitrogens with two attached hydrogens (primary N) is 1. The van der Waals surface area contributed by atoms with Crippen molar-refractivity contribution in [3.63, 3.8) is 0 Å². The fraction of sp³-hybridized carbons (Fsp3) is 0.250. The van der Waals surface area contributed by atoms with Crippen LogP contribution in [0.25, 0.3) is 0 Å². The number of sulfonamides is 2. The maximum atomic E-state index is 12.2. The first-order valence-corrected chi connectivity index (χ1v) is 9.45. The Morgan fingerprint density at radius 1 is 1.38 bits per heavy atom. The summed E-state index contributed by atoms with van der Waals surface area (Å²) in [5.41, 5.74) is 0.108. The topological polar surface area (TPSA) is 137 Å². The van der Waals surface area contributed by atoms with Crippen LogP contribution in [-0.2, 0) is 27.1 Å². The minimum Gasteiger partial charge on any atom is -0.254 e. The predicted molar refractivity (Wildman–Crippen MR) is 77.3 cm³/mol. The van der Waals surface area contributed by atoms with Crippen LogP contribution in [0.15, 0.2) is 15.4 Å². The third-order valence-electron chi connectivity index (χ3n) is 2.33. The third-order valence-corrected chi connectivity index (χ3v) is 6.93. The highest BCUT2D eigenvalue weighted by Crippen LogP contribution is 2.29. The Morgan fingerprint density at radius 3 is 2.43 bits per heavy atom. The maximum absolute atomic E-state index is 12.2. The van der Waals surface area contributed by atoms with Crippen LogP contribution in [-0.4, -0.2) is 31.6 Å². The van der Waals surface area contributed by atoms with Crippen molar-refractivity contribution in [3.8, 4) is 0 Å². The van der Waals surface area contributed by atoms with Gasteiger partial charge in [0.2, 0.25) is 10.0 Å². The summed E-state index contributed by atoms with van der Waals surface area (Å²) in [5, 5.41) is 8.28. The van der Waals surface area contributed by atoms with Crippen molar-refractivity contribution >= 4 is 48.1 Å². The molecule has 9 nitrogen and oxygen atoms in total. The second-order valence-electron chi connectivity index (χ2n) is 3.96. The zero-order chi connectivity index (χ0) is 16.0. The van der Waals surface area contributed by atoms with Gasteiger partial charge in [-0.25, -0.2) is 18.5 Å². The van der Waals surface area contributed by atoms with E-state index in [1.807, 2.05) is 0 Å². The fourth-order valence-corrected chi connectivity index (χ4v) is 5.31. The van der Waals surface area contributed by atoms with Gasteiger partial charge >= 0.3 is 0 Å². The lowest BCUT2D eigenvalue weighted by Crippen LogP contribution is -2.17. The summed E-state index contributed by atoms with van der Waals surface area (Å²) in [6, 6.07) is 0. The molecule has 0 saturated carbocycles.